The van der Waals surface area contributed by atoms with Crippen molar-refractivity contribution < 1.29 is 22.7 Å². The van der Waals surface area contributed by atoms with E-state index in [4.69, 9.17) is 4.74 Å². The van der Waals surface area contributed by atoms with E-state index in [1.54, 1.807) is 24.3 Å². The first-order valence-corrected chi connectivity index (χ1v) is 11.2. The van der Waals surface area contributed by atoms with E-state index in [0.29, 0.717) is 30.9 Å². The Balaban J connectivity index is 1.76. The lowest BCUT2D eigenvalue weighted by Gasteiger charge is -2.09. The van der Waals surface area contributed by atoms with Crippen LogP contribution in [-0.4, -0.2) is 46.5 Å². The van der Waals surface area contributed by atoms with Crippen LogP contribution in [0.5, 0.6) is 0 Å². The summed E-state index contributed by atoms with van der Waals surface area (Å²) >= 11 is 0. The Labute approximate surface area is 177 Å². The highest BCUT2D eigenvalue weighted by molar-refractivity contribution is 7.89. The number of rotatable bonds is 12. The quantitative estimate of drug-likeness (QED) is 0.444. The number of benzene rings is 2. The van der Waals surface area contributed by atoms with Gasteiger partial charge in [-0.15, -0.1) is 0 Å². The van der Waals surface area contributed by atoms with E-state index in [9.17, 15) is 18.0 Å². The molecule has 0 aliphatic heterocycles. The molecule has 0 atom stereocenters. The molecule has 30 heavy (non-hydrogen) atoms. The van der Waals surface area contributed by atoms with Crippen LogP contribution in [0.4, 0.5) is 5.69 Å². The summed E-state index contributed by atoms with van der Waals surface area (Å²) < 4.78 is 32.2. The molecular weight excluding hydrogens is 406 g/mol. The molecule has 2 rings (SSSR count). The highest BCUT2D eigenvalue weighted by atomic mass is 32.2. The molecule has 2 aromatic carbocycles. The molecule has 3 N–H and O–H groups in total. The first-order valence-electron chi connectivity index (χ1n) is 9.73. The highest BCUT2D eigenvalue weighted by Crippen LogP contribution is 2.14. The summed E-state index contributed by atoms with van der Waals surface area (Å²) in [4.78, 5) is 24.1. The van der Waals surface area contributed by atoms with E-state index >= 15 is 0 Å². The van der Waals surface area contributed by atoms with Crippen molar-refractivity contribution in [2.75, 3.05) is 31.6 Å². The van der Waals surface area contributed by atoms with Crippen LogP contribution in [-0.2, 0) is 19.6 Å². The predicted molar refractivity (Wildman–Crippen MR) is 115 cm³/mol. The number of anilines is 1. The largest absolute Gasteiger partial charge is 0.382 e. The molecule has 0 heterocycles. The molecule has 0 aliphatic rings. The zero-order chi connectivity index (χ0) is 21.8. The molecule has 0 fully saturated rings. The average molecular weight is 434 g/mol. The molecular formula is C21H27N3O5S. The number of ether oxygens (including phenoxy) is 1. The van der Waals surface area contributed by atoms with Crippen LogP contribution in [0.1, 0.15) is 30.1 Å². The van der Waals surface area contributed by atoms with Crippen molar-refractivity contribution in [3.8, 4) is 0 Å². The first-order chi connectivity index (χ1) is 14.4. The zero-order valence-electron chi connectivity index (χ0n) is 16.9. The van der Waals surface area contributed by atoms with Gasteiger partial charge < -0.3 is 15.4 Å². The summed E-state index contributed by atoms with van der Waals surface area (Å²) in [5.41, 5.74) is 1.01. The maximum absolute atomic E-state index is 12.2. The minimum absolute atomic E-state index is 0.0972. The Morgan fingerprint density at radius 3 is 2.33 bits per heavy atom. The number of carbonyl (C=O) groups excluding carboxylic acids is 2. The smallest absolute Gasteiger partial charge is 0.251 e. The third kappa shape index (κ3) is 7.94. The van der Waals surface area contributed by atoms with Gasteiger partial charge in [0.15, 0.2) is 0 Å². The van der Waals surface area contributed by atoms with Gasteiger partial charge in [0.05, 0.1) is 4.90 Å². The maximum Gasteiger partial charge on any atom is 0.251 e. The van der Waals surface area contributed by atoms with Crippen molar-refractivity contribution in [3.63, 3.8) is 0 Å². The highest BCUT2D eigenvalue weighted by Gasteiger charge is 2.13. The molecule has 0 spiro atoms. The second-order valence-electron chi connectivity index (χ2n) is 6.39. The van der Waals surface area contributed by atoms with E-state index in [0.717, 1.165) is 0 Å². The Morgan fingerprint density at radius 2 is 1.67 bits per heavy atom. The van der Waals surface area contributed by atoms with Crippen molar-refractivity contribution in [1.82, 2.24) is 10.0 Å². The van der Waals surface area contributed by atoms with Crippen LogP contribution in [0.3, 0.4) is 0 Å². The number of hydrogen-bond acceptors (Lipinski definition) is 5. The van der Waals surface area contributed by atoms with Crippen molar-refractivity contribution in [2.24, 2.45) is 0 Å². The summed E-state index contributed by atoms with van der Waals surface area (Å²) in [6.45, 7) is 3.45. The molecule has 8 nitrogen and oxygen atoms in total. The van der Waals surface area contributed by atoms with Gasteiger partial charge in [-0.2, -0.15) is 0 Å². The van der Waals surface area contributed by atoms with E-state index in [1.165, 1.54) is 24.3 Å². The van der Waals surface area contributed by atoms with E-state index in [-0.39, 0.29) is 36.2 Å². The molecule has 0 unspecified atom stereocenters. The minimum atomic E-state index is -3.61. The van der Waals surface area contributed by atoms with Crippen molar-refractivity contribution in [3.05, 3.63) is 60.2 Å². The number of sulfonamides is 1. The standard InChI is InChI=1S/C21H27N3O5S/c1-2-29-16-6-14-23-30(27,28)19-11-9-18(10-12-19)24-20(25)13-15-22-21(26)17-7-4-3-5-8-17/h3-5,7-12,23H,2,6,13-16H2,1H3,(H,22,26)(H,24,25). The van der Waals surface area contributed by atoms with Crippen molar-refractivity contribution in [1.29, 1.82) is 0 Å². The number of nitrogens with one attached hydrogen (secondary N) is 3. The van der Waals surface area contributed by atoms with Gasteiger partial charge in [0.1, 0.15) is 0 Å². The van der Waals surface area contributed by atoms with Crippen LogP contribution < -0.4 is 15.4 Å². The summed E-state index contributed by atoms with van der Waals surface area (Å²) in [7, 11) is -3.61. The van der Waals surface area contributed by atoms with Crippen LogP contribution in [0.15, 0.2) is 59.5 Å². The van der Waals surface area contributed by atoms with Gasteiger partial charge in [-0.1, -0.05) is 18.2 Å². The van der Waals surface area contributed by atoms with Gasteiger partial charge in [0.2, 0.25) is 15.9 Å². The molecule has 0 saturated carbocycles. The van der Waals surface area contributed by atoms with E-state index in [2.05, 4.69) is 15.4 Å². The van der Waals surface area contributed by atoms with Gasteiger partial charge in [-0.05, 0) is 49.7 Å². The second-order valence-corrected chi connectivity index (χ2v) is 8.16. The van der Waals surface area contributed by atoms with Gasteiger partial charge >= 0.3 is 0 Å². The monoisotopic (exact) mass is 433 g/mol. The third-order valence-electron chi connectivity index (χ3n) is 4.08. The first kappa shape index (κ1) is 23.5. The second kappa shape index (κ2) is 12.1. The van der Waals surface area contributed by atoms with Crippen LogP contribution in [0.25, 0.3) is 0 Å². The average Bonchev–Trinajstić information content (AvgIpc) is 2.74. The number of hydrogen-bond donors (Lipinski definition) is 3. The normalized spacial score (nSPS) is 11.1. The lowest BCUT2D eigenvalue weighted by atomic mass is 10.2. The van der Waals surface area contributed by atoms with E-state index < -0.39 is 10.0 Å². The fourth-order valence-corrected chi connectivity index (χ4v) is 3.60. The van der Waals surface area contributed by atoms with Crippen LogP contribution in [0.2, 0.25) is 0 Å². The minimum Gasteiger partial charge on any atom is -0.382 e. The molecule has 0 aliphatic carbocycles. The van der Waals surface area contributed by atoms with Gasteiger partial charge in [-0.3, -0.25) is 9.59 Å². The van der Waals surface area contributed by atoms with Crippen molar-refractivity contribution in [2.45, 2.75) is 24.7 Å². The Kier molecular flexibility index (Phi) is 9.46. The zero-order valence-corrected chi connectivity index (χ0v) is 17.7. The number of carbonyl (C=O) groups is 2. The van der Waals surface area contributed by atoms with Crippen LogP contribution >= 0.6 is 0 Å². The fourth-order valence-electron chi connectivity index (χ4n) is 2.53. The molecule has 0 saturated heterocycles. The Morgan fingerprint density at radius 1 is 0.967 bits per heavy atom. The third-order valence-corrected chi connectivity index (χ3v) is 5.56. The summed E-state index contributed by atoms with van der Waals surface area (Å²) in [5.74, 6) is -0.528. The van der Waals surface area contributed by atoms with Crippen LogP contribution in [0, 0.1) is 0 Å². The van der Waals surface area contributed by atoms with Crippen molar-refractivity contribution >= 4 is 27.5 Å². The number of amides is 2. The summed E-state index contributed by atoms with van der Waals surface area (Å²) in [6, 6.07) is 14.6. The lowest BCUT2D eigenvalue weighted by molar-refractivity contribution is -0.116. The Hall–Kier alpha value is -2.75. The molecule has 2 aromatic rings. The lowest BCUT2D eigenvalue weighted by Crippen LogP contribution is -2.27. The summed E-state index contributed by atoms with van der Waals surface area (Å²) in [6.07, 6.45) is 0.683. The molecule has 162 valence electrons. The maximum atomic E-state index is 12.2. The van der Waals surface area contributed by atoms with Gasteiger partial charge in [0.25, 0.3) is 5.91 Å². The molecule has 0 radical (unpaired) electrons. The molecule has 0 aromatic heterocycles. The van der Waals surface area contributed by atoms with Gasteiger partial charge in [0, 0.05) is 44.0 Å². The molecule has 9 heteroatoms. The van der Waals surface area contributed by atoms with E-state index in [1.807, 2.05) is 13.0 Å². The fraction of sp³-hybridized carbons (Fsp3) is 0.333. The Bertz CT molecular complexity index is 915. The molecule has 2 amide bonds. The summed E-state index contributed by atoms with van der Waals surface area (Å²) in [5, 5.41) is 5.36. The SMILES string of the molecule is CCOCCCNS(=O)(=O)c1ccc(NC(=O)CCNC(=O)c2ccccc2)cc1. The van der Waals surface area contributed by atoms with Gasteiger partial charge in [-0.25, -0.2) is 13.1 Å². The topological polar surface area (TPSA) is 114 Å². The predicted octanol–water partition coefficient (Wildman–Crippen LogP) is 2.15. The molecule has 0 bridgehead atoms.